The molecule has 0 spiro atoms. The Balaban J connectivity index is 2.18. The minimum absolute atomic E-state index is 0.592. The van der Waals surface area contributed by atoms with Gasteiger partial charge in [-0.3, -0.25) is 0 Å². The SMILES string of the molecule is C=C(CCl)CN(C)CC1CCCCC1. The Morgan fingerprint density at radius 3 is 2.57 bits per heavy atom. The zero-order valence-electron chi connectivity index (χ0n) is 9.27. The van der Waals surface area contributed by atoms with Crippen molar-refractivity contribution in [2.75, 3.05) is 26.0 Å². The minimum Gasteiger partial charge on any atom is -0.302 e. The minimum atomic E-state index is 0.592. The summed E-state index contributed by atoms with van der Waals surface area (Å²) in [4.78, 5) is 2.36. The van der Waals surface area contributed by atoms with Crippen LogP contribution in [0.1, 0.15) is 32.1 Å². The smallest absolute Gasteiger partial charge is 0.0443 e. The van der Waals surface area contributed by atoms with E-state index in [1.165, 1.54) is 38.6 Å². The van der Waals surface area contributed by atoms with Crippen LogP contribution in [0, 0.1) is 5.92 Å². The summed E-state index contributed by atoms with van der Waals surface area (Å²) in [5, 5.41) is 0. The fraction of sp³-hybridized carbons (Fsp3) is 0.833. The summed E-state index contributed by atoms with van der Waals surface area (Å²) in [7, 11) is 2.17. The lowest BCUT2D eigenvalue weighted by Gasteiger charge is -2.27. The lowest BCUT2D eigenvalue weighted by atomic mass is 9.89. The quantitative estimate of drug-likeness (QED) is 0.503. The van der Waals surface area contributed by atoms with Crippen LogP contribution < -0.4 is 0 Å². The third-order valence-electron chi connectivity index (χ3n) is 2.98. The molecule has 1 nitrogen and oxygen atoms in total. The molecule has 0 aromatic carbocycles. The summed E-state index contributed by atoms with van der Waals surface area (Å²) < 4.78 is 0. The second kappa shape index (κ2) is 6.47. The van der Waals surface area contributed by atoms with Crippen LogP contribution in [0.3, 0.4) is 0 Å². The molecule has 0 atom stereocenters. The van der Waals surface area contributed by atoms with Crippen molar-refractivity contribution in [2.45, 2.75) is 32.1 Å². The Morgan fingerprint density at radius 1 is 1.36 bits per heavy atom. The average Bonchev–Trinajstić information content (AvgIpc) is 2.19. The summed E-state index contributed by atoms with van der Waals surface area (Å²) in [5.41, 5.74) is 1.13. The standard InChI is InChI=1S/C12H22ClN/c1-11(8-13)9-14(2)10-12-6-4-3-5-7-12/h12H,1,3-10H2,2H3. The lowest BCUT2D eigenvalue weighted by molar-refractivity contribution is 0.246. The average molecular weight is 216 g/mol. The summed E-state index contributed by atoms with van der Waals surface area (Å²) in [6, 6.07) is 0. The summed E-state index contributed by atoms with van der Waals surface area (Å²) in [5.74, 6) is 1.51. The summed E-state index contributed by atoms with van der Waals surface area (Å²) >= 11 is 5.71. The van der Waals surface area contributed by atoms with Crippen LogP contribution in [0.2, 0.25) is 0 Å². The van der Waals surface area contributed by atoms with Gasteiger partial charge in [-0.25, -0.2) is 0 Å². The monoisotopic (exact) mass is 215 g/mol. The highest BCUT2D eigenvalue weighted by molar-refractivity contribution is 6.19. The molecule has 14 heavy (non-hydrogen) atoms. The van der Waals surface area contributed by atoms with Gasteiger partial charge in [-0.15, -0.1) is 11.6 Å². The Hall–Kier alpha value is -0.0100. The van der Waals surface area contributed by atoms with Crippen molar-refractivity contribution in [3.8, 4) is 0 Å². The van der Waals surface area contributed by atoms with E-state index in [4.69, 9.17) is 11.6 Å². The molecule has 0 aromatic rings. The van der Waals surface area contributed by atoms with Crippen molar-refractivity contribution in [3.63, 3.8) is 0 Å². The van der Waals surface area contributed by atoms with Gasteiger partial charge in [0, 0.05) is 19.0 Å². The third kappa shape index (κ3) is 4.47. The number of rotatable bonds is 5. The zero-order valence-corrected chi connectivity index (χ0v) is 10.0. The van der Waals surface area contributed by atoms with Crippen LogP contribution in [0.15, 0.2) is 12.2 Å². The van der Waals surface area contributed by atoms with Gasteiger partial charge in [0.25, 0.3) is 0 Å². The first-order valence-corrected chi connectivity index (χ1v) is 6.17. The van der Waals surface area contributed by atoms with Crippen molar-refractivity contribution in [1.29, 1.82) is 0 Å². The highest BCUT2D eigenvalue weighted by Gasteiger charge is 2.15. The molecular weight excluding hydrogens is 194 g/mol. The Kier molecular flexibility index (Phi) is 5.57. The first kappa shape index (κ1) is 12.1. The second-order valence-corrected chi connectivity index (χ2v) is 4.85. The van der Waals surface area contributed by atoms with Crippen molar-refractivity contribution >= 4 is 11.6 Å². The third-order valence-corrected chi connectivity index (χ3v) is 3.36. The van der Waals surface area contributed by atoms with E-state index in [0.29, 0.717) is 5.88 Å². The lowest BCUT2D eigenvalue weighted by Crippen LogP contribution is -2.28. The number of hydrogen-bond acceptors (Lipinski definition) is 1. The molecule has 0 heterocycles. The van der Waals surface area contributed by atoms with E-state index in [-0.39, 0.29) is 0 Å². The molecule has 0 N–H and O–H groups in total. The van der Waals surface area contributed by atoms with Crippen LogP contribution in [-0.2, 0) is 0 Å². The predicted octanol–water partition coefficient (Wildman–Crippen LogP) is 3.29. The largest absolute Gasteiger partial charge is 0.302 e. The molecule has 0 aromatic heterocycles. The molecule has 1 aliphatic rings. The van der Waals surface area contributed by atoms with Crippen molar-refractivity contribution in [2.24, 2.45) is 5.92 Å². The number of hydrogen-bond donors (Lipinski definition) is 0. The van der Waals surface area contributed by atoms with E-state index in [0.717, 1.165) is 18.0 Å². The Labute approximate surface area is 93.1 Å². The maximum absolute atomic E-state index is 5.71. The van der Waals surface area contributed by atoms with Crippen molar-refractivity contribution in [1.82, 2.24) is 4.90 Å². The van der Waals surface area contributed by atoms with Gasteiger partial charge in [0.15, 0.2) is 0 Å². The molecule has 0 radical (unpaired) electrons. The van der Waals surface area contributed by atoms with Crippen LogP contribution >= 0.6 is 11.6 Å². The normalized spacial score (nSPS) is 18.8. The molecule has 2 heteroatoms. The fourth-order valence-electron chi connectivity index (χ4n) is 2.30. The number of alkyl halides is 1. The molecule has 82 valence electrons. The number of nitrogens with zero attached hydrogens (tertiary/aromatic N) is 1. The first-order chi connectivity index (χ1) is 6.72. The second-order valence-electron chi connectivity index (χ2n) is 4.58. The maximum Gasteiger partial charge on any atom is 0.0443 e. The number of halogens is 1. The van der Waals surface area contributed by atoms with E-state index in [1.54, 1.807) is 0 Å². The van der Waals surface area contributed by atoms with Gasteiger partial charge >= 0.3 is 0 Å². The molecule has 1 fully saturated rings. The molecule has 0 saturated heterocycles. The first-order valence-electron chi connectivity index (χ1n) is 5.63. The summed E-state index contributed by atoms with van der Waals surface area (Å²) in [6.45, 7) is 6.11. The van der Waals surface area contributed by atoms with Crippen molar-refractivity contribution in [3.05, 3.63) is 12.2 Å². The van der Waals surface area contributed by atoms with Crippen LogP contribution in [-0.4, -0.2) is 30.9 Å². The molecular formula is C12H22ClN. The van der Waals surface area contributed by atoms with Gasteiger partial charge in [-0.05, 0) is 31.4 Å². The van der Waals surface area contributed by atoms with E-state index < -0.39 is 0 Å². The fourth-order valence-corrected chi connectivity index (χ4v) is 2.38. The topological polar surface area (TPSA) is 3.24 Å². The molecule has 0 bridgehead atoms. The van der Waals surface area contributed by atoms with E-state index in [1.807, 2.05) is 0 Å². The van der Waals surface area contributed by atoms with Gasteiger partial charge in [0.1, 0.15) is 0 Å². The van der Waals surface area contributed by atoms with Crippen LogP contribution in [0.4, 0.5) is 0 Å². The number of likely N-dealkylation sites (N-methyl/N-ethyl adjacent to an activating group) is 1. The van der Waals surface area contributed by atoms with Crippen LogP contribution in [0.25, 0.3) is 0 Å². The highest BCUT2D eigenvalue weighted by atomic mass is 35.5. The van der Waals surface area contributed by atoms with E-state index in [2.05, 4.69) is 18.5 Å². The molecule has 1 aliphatic carbocycles. The van der Waals surface area contributed by atoms with E-state index >= 15 is 0 Å². The maximum atomic E-state index is 5.71. The molecule has 0 unspecified atom stereocenters. The molecule has 1 rings (SSSR count). The highest BCUT2D eigenvalue weighted by Crippen LogP contribution is 2.24. The van der Waals surface area contributed by atoms with Gasteiger partial charge in [-0.2, -0.15) is 0 Å². The van der Waals surface area contributed by atoms with Gasteiger partial charge in [0.2, 0.25) is 0 Å². The zero-order chi connectivity index (χ0) is 10.4. The van der Waals surface area contributed by atoms with Gasteiger partial charge in [-0.1, -0.05) is 25.8 Å². The predicted molar refractivity (Wildman–Crippen MR) is 63.9 cm³/mol. The van der Waals surface area contributed by atoms with Gasteiger partial charge < -0.3 is 4.90 Å². The van der Waals surface area contributed by atoms with E-state index in [9.17, 15) is 0 Å². The molecule has 1 saturated carbocycles. The Bertz CT molecular complexity index is 173. The molecule has 0 amide bonds. The van der Waals surface area contributed by atoms with Crippen molar-refractivity contribution < 1.29 is 0 Å². The van der Waals surface area contributed by atoms with Crippen LogP contribution in [0.5, 0.6) is 0 Å². The summed E-state index contributed by atoms with van der Waals surface area (Å²) in [6.07, 6.45) is 7.12. The molecule has 0 aliphatic heterocycles. The van der Waals surface area contributed by atoms with Gasteiger partial charge in [0.05, 0.1) is 0 Å². The Morgan fingerprint density at radius 2 is 2.00 bits per heavy atom.